The fourth-order valence-electron chi connectivity index (χ4n) is 5.01. The minimum absolute atomic E-state index is 0.00857. The standard InChI is InChI=1S/C24H33N7O2/c1-31(2)10-11-33-19-5-6-20(26-15-19)28-23-27-14-17(12-16-7-9-25-22(16)32)21(29-23)30-24-8-3-4-18(24)13-24/h5-6,14-16,18H,3-4,7-13H2,1-2H3,(H,25,32)(H2,26,27,28,29,30)/t16-,18-,24?/m0/s1. The van der Waals surface area contributed by atoms with E-state index in [0.717, 1.165) is 42.6 Å². The SMILES string of the molecule is CN(C)CCOc1ccc(Nc2ncc(C[C@@H]3CCNC3=O)c(NC34CCC[C@H]3C4)n2)nc1. The first-order valence-electron chi connectivity index (χ1n) is 11.9. The number of amides is 1. The summed E-state index contributed by atoms with van der Waals surface area (Å²) < 4.78 is 5.71. The molecule has 3 N–H and O–H groups in total. The van der Waals surface area contributed by atoms with E-state index in [1.165, 1.54) is 25.7 Å². The second-order valence-corrected chi connectivity index (χ2v) is 9.78. The molecule has 0 aromatic carbocycles. The lowest BCUT2D eigenvalue weighted by atomic mass is 9.99. The van der Waals surface area contributed by atoms with Crippen LogP contribution in [0.4, 0.5) is 17.6 Å². The molecule has 33 heavy (non-hydrogen) atoms. The molecule has 0 radical (unpaired) electrons. The zero-order valence-electron chi connectivity index (χ0n) is 19.4. The normalized spacial score (nSPS) is 25.6. The predicted molar refractivity (Wildman–Crippen MR) is 127 cm³/mol. The molecule has 3 aliphatic rings. The van der Waals surface area contributed by atoms with Gasteiger partial charge in [-0.15, -0.1) is 0 Å². The quantitative estimate of drug-likeness (QED) is 0.506. The van der Waals surface area contributed by atoms with E-state index in [1.54, 1.807) is 6.20 Å². The molecule has 1 aliphatic heterocycles. The Morgan fingerprint density at radius 3 is 2.82 bits per heavy atom. The zero-order chi connectivity index (χ0) is 22.8. The lowest BCUT2D eigenvalue weighted by Gasteiger charge is -2.20. The van der Waals surface area contributed by atoms with Crippen molar-refractivity contribution in [2.45, 2.75) is 44.1 Å². The van der Waals surface area contributed by atoms with Crippen molar-refractivity contribution >= 4 is 23.5 Å². The van der Waals surface area contributed by atoms with Gasteiger partial charge in [0, 0.05) is 36.3 Å². The van der Waals surface area contributed by atoms with Gasteiger partial charge in [-0.3, -0.25) is 4.79 Å². The fourth-order valence-corrected chi connectivity index (χ4v) is 5.01. The summed E-state index contributed by atoms with van der Waals surface area (Å²) in [5.74, 6) is 3.60. The van der Waals surface area contributed by atoms with Crippen molar-refractivity contribution in [3.63, 3.8) is 0 Å². The number of nitrogens with one attached hydrogen (secondary N) is 3. The molecule has 3 heterocycles. The van der Waals surface area contributed by atoms with Crippen molar-refractivity contribution in [2.75, 3.05) is 44.4 Å². The van der Waals surface area contributed by atoms with Crippen molar-refractivity contribution in [1.82, 2.24) is 25.2 Å². The third kappa shape index (κ3) is 5.03. The van der Waals surface area contributed by atoms with Crippen molar-refractivity contribution in [3.8, 4) is 5.75 Å². The second kappa shape index (κ2) is 9.13. The average molecular weight is 452 g/mol. The highest BCUT2D eigenvalue weighted by molar-refractivity contribution is 5.81. The van der Waals surface area contributed by atoms with Gasteiger partial charge in [-0.05, 0) is 64.3 Å². The van der Waals surface area contributed by atoms with Crippen molar-refractivity contribution in [3.05, 3.63) is 30.1 Å². The molecule has 2 aromatic rings. The van der Waals surface area contributed by atoms with Gasteiger partial charge in [0.25, 0.3) is 0 Å². The van der Waals surface area contributed by atoms with Crippen LogP contribution in [0, 0.1) is 11.8 Å². The summed E-state index contributed by atoms with van der Waals surface area (Å²) in [6.07, 6.45) is 10.0. The number of hydrogen-bond donors (Lipinski definition) is 3. The first-order chi connectivity index (χ1) is 16.0. The number of ether oxygens (including phenoxy) is 1. The van der Waals surface area contributed by atoms with Crippen LogP contribution in [0.3, 0.4) is 0 Å². The van der Waals surface area contributed by atoms with Gasteiger partial charge in [0.1, 0.15) is 24.0 Å². The van der Waals surface area contributed by atoms with Crippen molar-refractivity contribution in [2.24, 2.45) is 11.8 Å². The summed E-state index contributed by atoms with van der Waals surface area (Å²) in [4.78, 5) is 28.0. The van der Waals surface area contributed by atoms with Crippen molar-refractivity contribution < 1.29 is 9.53 Å². The number of aromatic nitrogens is 3. The molecule has 1 unspecified atom stereocenters. The highest BCUT2D eigenvalue weighted by Gasteiger charge is 2.57. The first kappa shape index (κ1) is 21.9. The Labute approximate surface area is 194 Å². The van der Waals surface area contributed by atoms with E-state index in [1.807, 2.05) is 32.4 Å². The van der Waals surface area contributed by atoms with Gasteiger partial charge >= 0.3 is 0 Å². The lowest BCUT2D eigenvalue weighted by molar-refractivity contribution is -0.122. The van der Waals surface area contributed by atoms with Crippen LogP contribution in [0.25, 0.3) is 0 Å². The van der Waals surface area contributed by atoms with Crippen LogP contribution in [-0.2, 0) is 11.2 Å². The monoisotopic (exact) mass is 451 g/mol. The van der Waals surface area contributed by atoms with E-state index in [4.69, 9.17) is 9.72 Å². The topological polar surface area (TPSA) is 104 Å². The summed E-state index contributed by atoms with van der Waals surface area (Å²) in [5, 5.41) is 9.89. The fraction of sp³-hybridized carbons (Fsp3) is 0.583. The van der Waals surface area contributed by atoms with Gasteiger partial charge in [-0.25, -0.2) is 9.97 Å². The number of nitrogens with zero attached hydrogens (tertiary/aromatic N) is 4. The maximum Gasteiger partial charge on any atom is 0.230 e. The summed E-state index contributed by atoms with van der Waals surface area (Å²) in [6, 6.07) is 3.76. The molecule has 9 heteroatoms. The zero-order valence-corrected chi connectivity index (χ0v) is 19.4. The highest BCUT2D eigenvalue weighted by atomic mass is 16.5. The van der Waals surface area contributed by atoms with E-state index in [9.17, 15) is 4.79 Å². The van der Waals surface area contributed by atoms with Crippen LogP contribution >= 0.6 is 0 Å². The number of likely N-dealkylation sites (N-methyl/N-ethyl adjacent to an activating group) is 1. The largest absolute Gasteiger partial charge is 0.491 e. The molecule has 9 nitrogen and oxygen atoms in total. The summed E-state index contributed by atoms with van der Waals surface area (Å²) >= 11 is 0. The molecule has 0 spiro atoms. The van der Waals surface area contributed by atoms with E-state index < -0.39 is 0 Å². The highest BCUT2D eigenvalue weighted by Crippen LogP contribution is 2.57. The van der Waals surface area contributed by atoms with Gasteiger partial charge in [-0.1, -0.05) is 6.42 Å². The molecular formula is C24H33N7O2. The Hall–Kier alpha value is -2.94. The number of carbonyl (C=O) groups excluding carboxylic acids is 1. The molecule has 2 aromatic heterocycles. The van der Waals surface area contributed by atoms with Gasteiger partial charge < -0.3 is 25.6 Å². The summed E-state index contributed by atoms with van der Waals surface area (Å²) in [5.41, 5.74) is 1.19. The number of rotatable bonds is 10. The van der Waals surface area contributed by atoms with Crippen LogP contribution in [0.5, 0.6) is 5.75 Å². The van der Waals surface area contributed by atoms with E-state index in [0.29, 0.717) is 24.8 Å². The Morgan fingerprint density at radius 1 is 1.24 bits per heavy atom. The van der Waals surface area contributed by atoms with E-state index >= 15 is 0 Å². The maximum atomic E-state index is 12.1. The molecule has 1 saturated heterocycles. The third-order valence-corrected chi connectivity index (χ3v) is 7.05. The molecular weight excluding hydrogens is 418 g/mol. The molecule has 3 fully saturated rings. The van der Waals surface area contributed by atoms with Gasteiger partial charge in [0.15, 0.2) is 0 Å². The molecule has 1 amide bonds. The number of fused-ring (bicyclic) bond motifs is 1. The van der Waals surface area contributed by atoms with Crippen LogP contribution in [0.15, 0.2) is 24.5 Å². The first-order valence-corrected chi connectivity index (χ1v) is 11.9. The van der Waals surface area contributed by atoms with Gasteiger partial charge in [-0.2, -0.15) is 4.98 Å². The Kier molecular flexibility index (Phi) is 6.05. The number of pyridine rings is 1. The number of hydrogen-bond acceptors (Lipinski definition) is 8. The van der Waals surface area contributed by atoms with Crippen LogP contribution in [-0.4, -0.2) is 65.1 Å². The van der Waals surface area contributed by atoms with Gasteiger partial charge in [0.2, 0.25) is 11.9 Å². The summed E-state index contributed by atoms with van der Waals surface area (Å²) in [6.45, 7) is 2.21. The second-order valence-electron chi connectivity index (χ2n) is 9.78. The smallest absolute Gasteiger partial charge is 0.230 e. The number of carbonyl (C=O) groups is 1. The molecule has 3 atom stereocenters. The van der Waals surface area contributed by atoms with E-state index in [2.05, 4.69) is 30.8 Å². The minimum Gasteiger partial charge on any atom is -0.491 e. The Balaban J connectivity index is 1.29. The van der Waals surface area contributed by atoms with E-state index in [-0.39, 0.29) is 17.4 Å². The molecule has 5 rings (SSSR count). The molecule has 2 saturated carbocycles. The third-order valence-electron chi connectivity index (χ3n) is 7.05. The lowest BCUT2D eigenvalue weighted by Crippen LogP contribution is -2.25. The predicted octanol–water partition coefficient (Wildman–Crippen LogP) is 2.59. The summed E-state index contributed by atoms with van der Waals surface area (Å²) in [7, 11) is 4.03. The van der Waals surface area contributed by atoms with Crippen LogP contribution < -0.4 is 20.7 Å². The Bertz CT molecular complexity index is 997. The number of anilines is 3. The maximum absolute atomic E-state index is 12.1. The molecule has 0 bridgehead atoms. The average Bonchev–Trinajstić information content (AvgIpc) is 3.08. The van der Waals surface area contributed by atoms with Gasteiger partial charge in [0.05, 0.1) is 6.20 Å². The molecule has 176 valence electrons. The molecule has 2 aliphatic carbocycles. The van der Waals surface area contributed by atoms with Crippen LogP contribution in [0.2, 0.25) is 0 Å². The van der Waals surface area contributed by atoms with Crippen LogP contribution in [0.1, 0.15) is 37.7 Å². The Morgan fingerprint density at radius 2 is 2.15 bits per heavy atom. The van der Waals surface area contributed by atoms with Crippen molar-refractivity contribution in [1.29, 1.82) is 0 Å². The minimum atomic E-state index is -0.00857.